The predicted molar refractivity (Wildman–Crippen MR) is 55.7 cm³/mol. The Morgan fingerprint density at radius 2 is 2.00 bits per heavy atom. The number of hydrogen-bond donors (Lipinski definition) is 0. The summed E-state index contributed by atoms with van der Waals surface area (Å²) in [6, 6.07) is 2.30. The highest BCUT2D eigenvalue weighted by atomic mass is 79.9. The first-order valence-corrected chi connectivity index (χ1v) is 5.53. The lowest BCUT2D eigenvalue weighted by molar-refractivity contribution is -0.117. The molecule has 1 aliphatic carbocycles. The van der Waals surface area contributed by atoms with Crippen molar-refractivity contribution in [3.8, 4) is 0 Å². The predicted octanol–water partition coefficient (Wildman–Crippen LogP) is 3.56. The Morgan fingerprint density at radius 3 is 2.60 bits per heavy atom. The van der Waals surface area contributed by atoms with Crippen LogP contribution in [0.1, 0.15) is 30.7 Å². The summed E-state index contributed by atoms with van der Waals surface area (Å²) in [7, 11) is 0. The van der Waals surface area contributed by atoms with E-state index in [4.69, 9.17) is 0 Å². The van der Waals surface area contributed by atoms with Gasteiger partial charge in [0.1, 0.15) is 17.4 Å². The third-order valence-corrected chi connectivity index (χ3v) is 3.33. The molecule has 0 aromatic heterocycles. The van der Waals surface area contributed by atoms with E-state index >= 15 is 0 Å². The molecule has 1 saturated carbocycles. The van der Waals surface area contributed by atoms with Gasteiger partial charge in [0.05, 0.1) is 4.47 Å². The van der Waals surface area contributed by atoms with E-state index in [0.717, 1.165) is 6.07 Å². The van der Waals surface area contributed by atoms with Gasteiger partial charge in [0.25, 0.3) is 0 Å². The molecular formula is C11H9BrF2O. The minimum absolute atomic E-state index is 0.119. The van der Waals surface area contributed by atoms with E-state index in [1.807, 2.05) is 0 Å². The normalized spacial score (nSPS) is 21.0. The number of benzene rings is 1. The minimum Gasteiger partial charge on any atom is -0.300 e. The molecule has 0 radical (unpaired) electrons. The van der Waals surface area contributed by atoms with Gasteiger partial charge in [0.15, 0.2) is 0 Å². The van der Waals surface area contributed by atoms with Gasteiger partial charge in [-0.2, -0.15) is 0 Å². The lowest BCUT2D eigenvalue weighted by Crippen LogP contribution is -1.99. The molecule has 1 unspecified atom stereocenters. The SMILES string of the molecule is O=C1CCC(c2cc(F)c(Br)cc2F)C1. The van der Waals surface area contributed by atoms with E-state index in [9.17, 15) is 13.6 Å². The molecule has 2 rings (SSSR count). The molecule has 0 amide bonds. The molecule has 15 heavy (non-hydrogen) atoms. The van der Waals surface area contributed by atoms with E-state index in [0.29, 0.717) is 24.8 Å². The molecule has 0 N–H and O–H groups in total. The van der Waals surface area contributed by atoms with Gasteiger partial charge in [-0.25, -0.2) is 8.78 Å². The van der Waals surface area contributed by atoms with Crippen LogP contribution in [0.4, 0.5) is 8.78 Å². The van der Waals surface area contributed by atoms with E-state index in [-0.39, 0.29) is 16.2 Å². The number of halogens is 3. The Labute approximate surface area is 94.6 Å². The van der Waals surface area contributed by atoms with E-state index < -0.39 is 11.6 Å². The lowest BCUT2D eigenvalue weighted by Gasteiger charge is -2.10. The Balaban J connectivity index is 2.36. The third-order valence-electron chi connectivity index (χ3n) is 2.73. The van der Waals surface area contributed by atoms with Gasteiger partial charge < -0.3 is 0 Å². The second kappa shape index (κ2) is 4.00. The van der Waals surface area contributed by atoms with Crippen molar-refractivity contribution in [2.75, 3.05) is 0 Å². The van der Waals surface area contributed by atoms with Gasteiger partial charge in [0, 0.05) is 12.8 Å². The average molecular weight is 275 g/mol. The van der Waals surface area contributed by atoms with Crippen molar-refractivity contribution in [1.82, 2.24) is 0 Å². The van der Waals surface area contributed by atoms with Crippen LogP contribution in [0.5, 0.6) is 0 Å². The van der Waals surface area contributed by atoms with Gasteiger partial charge >= 0.3 is 0 Å². The van der Waals surface area contributed by atoms with Gasteiger partial charge in [0.2, 0.25) is 0 Å². The summed E-state index contributed by atoms with van der Waals surface area (Å²) in [6.45, 7) is 0. The number of hydrogen-bond acceptors (Lipinski definition) is 1. The largest absolute Gasteiger partial charge is 0.300 e. The second-order valence-electron chi connectivity index (χ2n) is 3.77. The van der Waals surface area contributed by atoms with Crippen LogP contribution in [0.15, 0.2) is 16.6 Å². The van der Waals surface area contributed by atoms with Gasteiger partial charge in [-0.05, 0) is 46.0 Å². The molecule has 0 heterocycles. The molecule has 0 spiro atoms. The van der Waals surface area contributed by atoms with Crippen LogP contribution in [-0.2, 0) is 4.79 Å². The van der Waals surface area contributed by atoms with Crippen LogP contribution in [0.3, 0.4) is 0 Å². The van der Waals surface area contributed by atoms with E-state index in [2.05, 4.69) is 15.9 Å². The molecule has 1 aromatic rings. The molecule has 1 atom stereocenters. The maximum Gasteiger partial charge on any atom is 0.137 e. The van der Waals surface area contributed by atoms with Crippen molar-refractivity contribution in [2.45, 2.75) is 25.2 Å². The summed E-state index contributed by atoms with van der Waals surface area (Å²) in [5.41, 5.74) is 0.321. The fourth-order valence-electron chi connectivity index (χ4n) is 1.93. The Hall–Kier alpha value is -0.770. The van der Waals surface area contributed by atoms with Crippen molar-refractivity contribution in [1.29, 1.82) is 0 Å². The molecule has 0 bridgehead atoms. The van der Waals surface area contributed by atoms with Gasteiger partial charge in [-0.15, -0.1) is 0 Å². The third kappa shape index (κ3) is 2.09. The summed E-state index contributed by atoms with van der Waals surface area (Å²) >= 11 is 2.92. The first kappa shape index (κ1) is 10.7. The second-order valence-corrected chi connectivity index (χ2v) is 4.62. The Morgan fingerprint density at radius 1 is 1.27 bits per heavy atom. The minimum atomic E-state index is -0.481. The van der Waals surface area contributed by atoms with Crippen molar-refractivity contribution in [3.05, 3.63) is 33.8 Å². The van der Waals surface area contributed by atoms with E-state index in [1.165, 1.54) is 6.07 Å². The quantitative estimate of drug-likeness (QED) is 0.716. The molecule has 0 saturated heterocycles. The lowest BCUT2D eigenvalue weighted by atomic mass is 9.97. The Bertz CT molecular complexity index is 417. The summed E-state index contributed by atoms with van der Waals surface area (Å²) in [5, 5.41) is 0. The Kier molecular flexibility index (Phi) is 2.87. The molecule has 4 heteroatoms. The summed E-state index contributed by atoms with van der Waals surface area (Å²) < 4.78 is 26.8. The van der Waals surface area contributed by atoms with Crippen molar-refractivity contribution < 1.29 is 13.6 Å². The van der Waals surface area contributed by atoms with Crippen LogP contribution < -0.4 is 0 Å². The van der Waals surface area contributed by atoms with Gasteiger partial charge in [-0.1, -0.05) is 0 Å². The number of ketones is 1. The zero-order chi connectivity index (χ0) is 11.0. The van der Waals surface area contributed by atoms with Crippen LogP contribution in [0.2, 0.25) is 0 Å². The molecule has 80 valence electrons. The van der Waals surface area contributed by atoms with Crippen molar-refractivity contribution in [2.24, 2.45) is 0 Å². The maximum atomic E-state index is 13.5. The number of Topliss-reactive ketones (excluding diaryl/α,β-unsaturated/α-hetero) is 1. The van der Waals surface area contributed by atoms with Gasteiger partial charge in [-0.3, -0.25) is 4.79 Å². The summed E-state index contributed by atoms with van der Waals surface area (Å²) in [4.78, 5) is 11.1. The zero-order valence-corrected chi connectivity index (χ0v) is 9.48. The monoisotopic (exact) mass is 274 g/mol. The molecule has 1 aliphatic rings. The molecular weight excluding hydrogens is 266 g/mol. The first-order valence-electron chi connectivity index (χ1n) is 4.74. The average Bonchev–Trinajstić information content (AvgIpc) is 2.58. The van der Waals surface area contributed by atoms with E-state index in [1.54, 1.807) is 0 Å². The molecule has 0 aliphatic heterocycles. The smallest absolute Gasteiger partial charge is 0.137 e. The standard InChI is InChI=1S/C11H9BrF2O/c12-9-5-10(13)8(4-11(9)14)6-1-2-7(15)3-6/h4-6H,1-3H2. The number of rotatable bonds is 1. The van der Waals surface area contributed by atoms with Crippen LogP contribution in [-0.4, -0.2) is 5.78 Å². The van der Waals surface area contributed by atoms with Crippen molar-refractivity contribution in [3.63, 3.8) is 0 Å². The number of carbonyl (C=O) groups excluding carboxylic acids is 1. The first-order chi connectivity index (χ1) is 7.08. The summed E-state index contributed by atoms with van der Waals surface area (Å²) in [5.74, 6) is -0.948. The highest BCUT2D eigenvalue weighted by Crippen LogP contribution is 2.35. The maximum absolute atomic E-state index is 13.5. The van der Waals surface area contributed by atoms with Crippen LogP contribution in [0, 0.1) is 11.6 Å². The summed E-state index contributed by atoms with van der Waals surface area (Å²) in [6.07, 6.45) is 1.43. The zero-order valence-electron chi connectivity index (χ0n) is 7.90. The highest BCUT2D eigenvalue weighted by Gasteiger charge is 2.26. The fourth-order valence-corrected chi connectivity index (χ4v) is 2.25. The van der Waals surface area contributed by atoms with Crippen molar-refractivity contribution >= 4 is 21.7 Å². The topological polar surface area (TPSA) is 17.1 Å². The van der Waals surface area contributed by atoms with Crippen LogP contribution >= 0.6 is 15.9 Å². The molecule has 1 fully saturated rings. The van der Waals surface area contributed by atoms with Crippen LogP contribution in [0.25, 0.3) is 0 Å². The fraction of sp³-hybridized carbons (Fsp3) is 0.364. The number of carbonyl (C=O) groups is 1. The molecule has 1 nitrogen and oxygen atoms in total. The highest BCUT2D eigenvalue weighted by molar-refractivity contribution is 9.10. The molecule has 1 aromatic carbocycles.